The van der Waals surface area contributed by atoms with Crippen molar-refractivity contribution in [3.8, 4) is 0 Å². The van der Waals surface area contributed by atoms with Crippen LogP contribution in [0.15, 0.2) is 18.2 Å². The fraction of sp³-hybridized carbons (Fsp3) is 0.533. The van der Waals surface area contributed by atoms with E-state index in [9.17, 15) is 4.79 Å². The van der Waals surface area contributed by atoms with Crippen molar-refractivity contribution < 1.29 is 9.53 Å². The van der Waals surface area contributed by atoms with Crippen molar-refractivity contribution in [3.63, 3.8) is 0 Å². The van der Waals surface area contributed by atoms with Gasteiger partial charge in [-0.05, 0) is 30.5 Å². The minimum atomic E-state index is 0.123. The van der Waals surface area contributed by atoms with Crippen LogP contribution >= 0.6 is 0 Å². The average molecular weight is 260 g/mol. The van der Waals surface area contributed by atoms with Crippen LogP contribution in [0.4, 0.5) is 5.69 Å². The van der Waals surface area contributed by atoms with Gasteiger partial charge in [0.25, 0.3) is 5.91 Å². The summed E-state index contributed by atoms with van der Waals surface area (Å²) in [4.78, 5) is 14.4. The van der Waals surface area contributed by atoms with Gasteiger partial charge >= 0.3 is 0 Å². The Morgan fingerprint density at radius 1 is 1.53 bits per heavy atom. The molecule has 2 aliphatic rings. The summed E-state index contributed by atoms with van der Waals surface area (Å²) in [5, 5.41) is 3.32. The Morgan fingerprint density at radius 3 is 3.26 bits per heavy atom. The Hall–Kier alpha value is -1.55. The summed E-state index contributed by atoms with van der Waals surface area (Å²) in [5.41, 5.74) is 3.21. The van der Waals surface area contributed by atoms with Gasteiger partial charge in [-0.25, -0.2) is 0 Å². The van der Waals surface area contributed by atoms with Crippen LogP contribution in [0.5, 0.6) is 0 Å². The number of carbonyl (C=O) groups is 1. The first-order chi connectivity index (χ1) is 9.28. The predicted octanol–water partition coefficient (Wildman–Crippen LogP) is 1.91. The molecule has 1 aromatic carbocycles. The third-order valence-corrected chi connectivity index (χ3v) is 3.95. The van der Waals surface area contributed by atoms with Crippen LogP contribution in [0.1, 0.15) is 29.3 Å². The number of nitrogens with zero attached hydrogens (tertiary/aromatic N) is 1. The van der Waals surface area contributed by atoms with Crippen LogP contribution in [0.25, 0.3) is 0 Å². The minimum absolute atomic E-state index is 0.123. The van der Waals surface area contributed by atoms with Crippen LogP contribution in [-0.2, 0) is 11.2 Å². The molecule has 0 radical (unpaired) electrons. The summed E-state index contributed by atoms with van der Waals surface area (Å²) < 4.78 is 5.61. The van der Waals surface area contributed by atoms with Gasteiger partial charge in [-0.2, -0.15) is 0 Å². The molecule has 2 aliphatic heterocycles. The molecular formula is C15H20N2O2. The standard InChI is InChI=1S/C15H20N2O2/c1-2-13-10-17(7-8-19-13)15(18)12-4-3-11-5-6-16-14(11)9-12/h3-4,9,13,16H,2,5-8,10H2,1H3. The van der Waals surface area contributed by atoms with Gasteiger partial charge in [0.2, 0.25) is 0 Å². The smallest absolute Gasteiger partial charge is 0.254 e. The van der Waals surface area contributed by atoms with Gasteiger partial charge < -0.3 is 15.0 Å². The van der Waals surface area contributed by atoms with Crippen molar-refractivity contribution in [3.05, 3.63) is 29.3 Å². The van der Waals surface area contributed by atoms with Gasteiger partial charge in [0, 0.05) is 30.9 Å². The van der Waals surface area contributed by atoms with Crippen molar-refractivity contribution in [2.45, 2.75) is 25.9 Å². The zero-order valence-corrected chi connectivity index (χ0v) is 11.3. The molecule has 4 heteroatoms. The fourth-order valence-electron chi connectivity index (χ4n) is 2.76. The van der Waals surface area contributed by atoms with Crippen molar-refractivity contribution >= 4 is 11.6 Å². The highest BCUT2D eigenvalue weighted by Crippen LogP contribution is 2.24. The van der Waals surface area contributed by atoms with Gasteiger partial charge in [-0.3, -0.25) is 4.79 Å². The van der Waals surface area contributed by atoms with Gasteiger partial charge in [0.15, 0.2) is 0 Å². The quantitative estimate of drug-likeness (QED) is 0.883. The molecular weight excluding hydrogens is 240 g/mol. The van der Waals surface area contributed by atoms with E-state index in [1.807, 2.05) is 17.0 Å². The first kappa shape index (κ1) is 12.5. The molecule has 0 aromatic heterocycles. The fourth-order valence-corrected chi connectivity index (χ4v) is 2.76. The van der Waals surface area contributed by atoms with E-state index in [4.69, 9.17) is 4.74 Å². The summed E-state index contributed by atoms with van der Waals surface area (Å²) in [5.74, 6) is 0.123. The maximum atomic E-state index is 12.5. The molecule has 0 aliphatic carbocycles. The number of ether oxygens (including phenoxy) is 1. The van der Waals surface area contributed by atoms with E-state index in [-0.39, 0.29) is 12.0 Å². The number of carbonyl (C=O) groups excluding carboxylic acids is 1. The first-order valence-electron chi connectivity index (χ1n) is 7.05. The monoisotopic (exact) mass is 260 g/mol. The highest BCUT2D eigenvalue weighted by molar-refractivity contribution is 5.95. The number of morpholine rings is 1. The number of hydrogen-bond acceptors (Lipinski definition) is 3. The Labute approximate surface area is 113 Å². The van der Waals surface area contributed by atoms with E-state index in [1.54, 1.807) is 0 Å². The Morgan fingerprint density at radius 2 is 2.42 bits per heavy atom. The molecule has 1 aromatic rings. The number of anilines is 1. The number of rotatable bonds is 2. The highest BCUT2D eigenvalue weighted by atomic mass is 16.5. The van der Waals surface area contributed by atoms with Crippen LogP contribution in [0.3, 0.4) is 0 Å². The molecule has 19 heavy (non-hydrogen) atoms. The van der Waals surface area contributed by atoms with Crippen molar-refractivity contribution in [1.29, 1.82) is 0 Å². The molecule has 0 bridgehead atoms. The van der Waals surface area contributed by atoms with Crippen LogP contribution in [0.2, 0.25) is 0 Å². The number of nitrogens with one attached hydrogen (secondary N) is 1. The Balaban J connectivity index is 1.76. The molecule has 1 atom stereocenters. The van der Waals surface area contributed by atoms with Gasteiger partial charge in [-0.1, -0.05) is 13.0 Å². The van der Waals surface area contributed by atoms with Crippen molar-refractivity contribution in [2.75, 3.05) is 31.6 Å². The van der Waals surface area contributed by atoms with E-state index in [2.05, 4.69) is 18.3 Å². The largest absolute Gasteiger partial charge is 0.384 e. The van der Waals surface area contributed by atoms with Gasteiger partial charge in [0.1, 0.15) is 0 Å². The molecule has 1 amide bonds. The normalized spacial score (nSPS) is 21.9. The lowest BCUT2D eigenvalue weighted by Crippen LogP contribution is -2.45. The molecule has 4 nitrogen and oxygen atoms in total. The van der Waals surface area contributed by atoms with E-state index < -0.39 is 0 Å². The van der Waals surface area contributed by atoms with Crippen molar-refractivity contribution in [2.24, 2.45) is 0 Å². The first-order valence-corrected chi connectivity index (χ1v) is 7.05. The van der Waals surface area contributed by atoms with E-state index in [0.717, 1.165) is 30.6 Å². The lowest BCUT2D eigenvalue weighted by atomic mass is 10.1. The second kappa shape index (κ2) is 5.21. The number of fused-ring (bicyclic) bond motifs is 1. The van der Waals surface area contributed by atoms with Gasteiger partial charge in [-0.15, -0.1) is 0 Å². The van der Waals surface area contributed by atoms with Gasteiger partial charge in [0.05, 0.1) is 12.7 Å². The molecule has 0 spiro atoms. The minimum Gasteiger partial charge on any atom is -0.384 e. The van der Waals surface area contributed by atoms with Crippen LogP contribution < -0.4 is 5.32 Å². The lowest BCUT2D eigenvalue weighted by Gasteiger charge is -2.32. The van der Waals surface area contributed by atoms with E-state index >= 15 is 0 Å². The molecule has 102 valence electrons. The lowest BCUT2D eigenvalue weighted by molar-refractivity contribution is -0.0226. The zero-order valence-electron chi connectivity index (χ0n) is 11.3. The maximum Gasteiger partial charge on any atom is 0.254 e. The van der Waals surface area contributed by atoms with E-state index in [0.29, 0.717) is 19.7 Å². The molecule has 1 N–H and O–H groups in total. The maximum absolute atomic E-state index is 12.5. The molecule has 1 saturated heterocycles. The predicted molar refractivity (Wildman–Crippen MR) is 74.6 cm³/mol. The average Bonchev–Trinajstić information content (AvgIpc) is 2.94. The summed E-state index contributed by atoms with van der Waals surface area (Å²) >= 11 is 0. The molecule has 3 rings (SSSR count). The second-order valence-corrected chi connectivity index (χ2v) is 5.20. The molecule has 1 fully saturated rings. The van der Waals surface area contributed by atoms with E-state index in [1.165, 1.54) is 5.56 Å². The van der Waals surface area contributed by atoms with Crippen LogP contribution in [0, 0.1) is 0 Å². The zero-order chi connectivity index (χ0) is 13.2. The number of amides is 1. The Kier molecular flexibility index (Phi) is 3.42. The number of benzene rings is 1. The van der Waals surface area contributed by atoms with Crippen molar-refractivity contribution in [1.82, 2.24) is 4.90 Å². The summed E-state index contributed by atoms with van der Waals surface area (Å²) in [6, 6.07) is 6.01. The summed E-state index contributed by atoms with van der Waals surface area (Å²) in [6.45, 7) is 5.12. The summed E-state index contributed by atoms with van der Waals surface area (Å²) in [6.07, 6.45) is 2.19. The Bertz CT molecular complexity index is 487. The topological polar surface area (TPSA) is 41.6 Å². The highest BCUT2D eigenvalue weighted by Gasteiger charge is 2.24. The second-order valence-electron chi connectivity index (χ2n) is 5.20. The third kappa shape index (κ3) is 2.45. The summed E-state index contributed by atoms with van der Waals surface area (Å²) in [7, 11) is 0. The molecule has 2 heterocycles. The molecule has 0 saturated carbocycles. The number of hydrogen-bond donors (Lipinski definition) is 1. The van der Waals surface area contributed by atoms with Crippen LogP contribution in [-0.4, -0.2) is 43.2 Å². The third-order valence-electron chi connectivity index (χ3n) is 3.95. The molecule has 1 unspecified atom stereocenters. The SMILES string of the molecule is CCC1CN(C(=O)c2ccc3c(c2)NCC3)CCO1.